The Morgan fingerprint density at radius 3 is 2.73 bits per heavy atom. The van der Waals surface area contributed by atoms with Crippen LogP contribution in [0.3, 0.4) is 0 Å². The zero-order valence-electron chi connectivity index (χ0n) is 6.63. The first-order valence-corrected chi connectivity index (χ1v) is 3.85. The summed E-state index contributed by atoms with van der Waals surface area (Å²) in [5, 5.41) is 11.9. The van der Waals surface area contributed by atoms with Crippen molar-refractivity contribution >= 4 is 5.97 Å². The molecule has 0 saturated heterocycles. The molecule has 0 spiro atoms. The fraction of sp³-hybridized carbons (Fsp3) is 0.625. The topological polar surface area (TPSA) is 49.3 Å². The van der Waals surface area contributed by atoms with E-state index in [9.17, 15) is 4.79 Å². The molecule has 0 aromatic carbocycles. The minimum atomic E-state index is -0.746. The SMILES string of the molecule is CC[C@]1(C(=O)O)CC=CCN1. The third-order valence-electron chi connectivity index (χ3n) is 2.20. The Morgan fingerprint density at radius 2 is 2.45 bits per heavy atom. The fourth-order valence-electron chi connectivity index (χ4n) is 1.28. The van der Waals surface area contributed by atoms with Crippen molar-refractivity contribution < 1.29 is 9.90 Å². The molecule has 0 aromatic heterocycles. The molecule has 1 aliphatic rings. The van der Waals surface area contributed by atoms with Gasteiger partial charge < -0.3 is 5.11 Å². The number of hydrogen-bond acceptors (Lipinski definition) is 2. The van der Waals surface area contributed by atoms with E-state index in [1.54, 1.807) is 0 Å². The molecule has 2 N–H and O–H groups in total. The van der Waals surface area contributed by atoms with Gasteiger partial charge in [-0.3, -0.25) is 10.1 Å². The van der Waals surface area contributed by atoms with Gasteiger partial charge in [0.05, 0.1) is 0 Å². The number of hydrogen-bond donors (Lipinski definition) is 2. The van der Waals surface area contributed by atoms with E-state index in [4.69, 9.17) is 5.11 Å². The average molecular weight is 155 g/mol. The molecule has 1 rings (SSSR count). The van der Waals surface area contributed by atoms with Crippen LogP contribution >= 0.6 is 0 Å². The first-order chi connectivity index (χ1) is 5.21. The van der Waals surface area contributed by atoms with Gasteiger partial charge in [0.1, 0.15) is 5.54 Å². The summed E-state index contributed by atoms with van der Waals surface area (Å²) in [7, 11) is 0. The predicted octanol–water partition coefficient (Wildman–Crippen LogP) is 0.769. The lowest BCUT2D eigenvalue weighted by atomic mass is 9.90. The summed E-state index contributed by atoms with van der Waals surface area (Å²) in [6, 6.07) is 0. The lowest BCUT2D eigenvalue weighted by Crippen LogP contribution is -2.52. The molecule has 0 bridgehead atoms. The van der Waals surface area contributed by atoms with Crippen LogP contribution in [0.5, 0.6) is 0 Å². The molecular formula is C8H13NO2. The van der Waals surface area contributed by atoms with E-state index in [1.807, 2.05) is 19.1 Å². The lowest BCUT2D eigenvalue weighted by Gasteiger charge is -2.30. The van der Waals surface area contributed by atoms with Crippen LogP contribution in [0.25, 0.3) is 0 Å². The highest BCUT2D eigenvalue weighted by atomic mass is 16.4. The molecule has 3 nitrogen and oxygen atoms in total. The van der Waals surface area contributed by atoms with E-state index in [-0.39, 0.29) is 0 Å². The van der Waals surface area contributed by atoms with Gasteiger partial charge in [0.25, 0.3) is 0 Å². The summed E-state index contributed by atoms with van der Waals surface area (Å²) >= 11 is 0. The molecule has 1 heterocycles. The van der Waals surface area contributed by atoms with Crippen LogP contribution in [0.15, 0.2) is 12.2 Å². The first kappa shape index (κ1) is 8.27. The molecular weight excluding hydrogens is 142 g/mol. The Bertz CT molecular complexity index is 189. The molecule has 11 heavy (non-hydrogen) atoms. The summed E-state index contributed by atoms with van der Waals surface area (Å²) in [5.74, 6) is -0.746. The van der Waals surface area contributed by atoms with Gasteiger partial charge in [-0.05, 0) is 12.8 Å². The highest BCUT2D eigenvalue weighted by Gasteiger charge is 2.35. The molecule has 0 aromatic rings. The molecule has 1 aliphatic heterocycles. The fourth-order valence-corrected chi connectivity index (χ4v) is 1.28. The van der Waals surface area contributed by atoms with E-state index < -0.39 is 11.5 Å². The minimum absolute atomic E-state index is 0.596. The molecule has 0 radical (unpaired) electrons. The second-order valence-electron chi connectivity index (χ2n) is 2.80. The van der Waals surface area contributed by atoms with Crippen LogP contribution in [-0.4, -0.2) is 23.2 Å². The smallest absolute Gasteiger partial charge is 0.324 e. The van der Waals surface area contributed by atoms with Gasteiger partial charge >= 0.3 is 5.97 Å². The van der Waals surface area contributed by atoms with Crippen molar-refractivity contribution in [1.82, 2.24) is 5.32 Å². The predicted molar refractivity (Wildman–Crippen MR) is 42.4 cm³/mol. The largest absolute Gasteiger partial charge is 0.480 e. The van der Waals surface area contributed by atoms with Crippen LogP contribution in [0.2, 0.25) is 0 Å². The highest BCUT2D eigenvalue weighted by Crippen LogP contribution is 2.18. The zero-order chi connectivity index (χ0) is 8.32. The highest BCUT2D eigenvalue weighted by molar-refractivity contribution is 5.79. The maximum absolute atomic E-state index is 10.8. The quantitative estimate of drug-likeness (QED) is 0.579. The van der Waals surface area contributed by atoms with Gasteiger partial charge in [-0.25, -0.2) is 0 Å². The summed E-state index contributed by atoms with van der Waals surface area (Å²) < 4.78 is 0. The monoisotopic (exact) mass is 155 g/mol. The Balaban J connectivity index is 2.75. The van der Waals surface area contributed by atoms with Crippen molar-refractivity contribution in [2.75, 3.05) is 6.54 Å². The average Bonchev–Trinajstić information content (AvgIpc) is 2.05. The Morgan fingerprint density at radius 1 is 1.73 bits per heavy atom. The Labute approximate surface area is 66.1 Å². The van der Waals surface area contributed by atoms with Crippen molar-refractivity contribution in [1.29, 1.82) is 0 Å². The number of carboxylic acids is 1. The molecule has 3 heteroatoms. The summed E-state index contributed by atoms with van der Waals surface area (Å²) in [6.45, 7) is 2.56. The standard InChI is InChI=1S/C8H13NO2/c1-2-8(7(10)11)5-3-4-6-9-8/h3-4,9H,2,5-6H2,1H3,(H,10,11)/t8-/m1/s1. The van der Waals surface area contributed by atoms with Crippen molar-refractivity contribution in [2.24, 2.45) is 0 Å². The minimum Gasteiger partial charge on any atom is -0.480 e. The molecule has 0 saturated carbocycles. The third-order valence-corrected chi connectivity index (χ3v) is 2.20. The van der Waals surface area contributed by atoms with E-state index in [0.717, 1.165) is 0 Å². The van der Waals surface area contributed by atoms with Gasteiger partial charge in [0, 0.05) is 6.54 Å². The molecule has 0 fully saturated rings. The van der Waals surface area contributed by atoms with E-state index in [1.165, 1.54) is 0 Å². The van der Waals surface area contributed by atoms with Gasteiger partial charge in [-0.1, -0.05) is 19.1 Å². The zero-order valence-corrected chi connectivity index (χ0v) is 6.63. The lowest BCUT2D eigenvalue weighted by molar-refractivity contribution is -0.145. The maximum atomic E-state index is 10.8. The summed E-state index contributed by atoms with van der Waals surface area (Å²) in [6.07, 6.45) is 5.11. The van der Waals surface area contributed by atoms with Crippen LogP contribution < -0.4 is 5.32 Å². The third kappa shape index (κ3) is 1.43. The van der Waals surface area contributed by atoms with Crippen molar-refractivity contribution in [3.63, 3.8) is 0 Å². The number of carbonyl (C=O) groups is 1. The number of nitrogens with one attached hydrogen (secondary N) is 1. The van der Waals surface area contributed by atoms with Gasteiger partial charge in [0.2, 0.25) is 0 Å². The maximum Gasteiger partial charge on any atom is 0.324 e. The van der Waals surface area contributed by atoms with Crippen molar-refractivity contribution in [3.8, 4) is 0 Å². The summed E-state index contributed by atoms with van der Waals surface area (Å²) in [4.78, 5) is 10.8. The summed E-state index contributed by atoms with van der Waals surface area (Å²) in [5.41, 5.74) is -0.700. The van der Waals surface area contributed by atoms with Gasteiger partial charge in [-0.2, -0.15) is 0 Å². The van der Waals surface area contributed by atoms with Crippen LogP contribution in [0, 0.1) is 0 Å². The van der Waals surface area contributed by atoms with Crippen molar-refractivity contribution in [3.05, 3.63) is 12.2 Å². The second kappa shape index (κ2) is 3.05. The van der Waals surface area contributed by atoms with Crippen LogP contribution in [0.1, 0.15) is 19.8 Å². The van der Waals surface area contributed by atoms with Crippen LogP contribution in [-0.2, 0) is 4.79 Å². The Kier molecular flexibility index (Phi) is 2.29. The number of aliphatic carboxylic acids is 1. The molecule has 62 valence electrons. The van der Waals surface area contributed by atoms with E-state index in [2.05, 4.69) is 5.32 Å². The number of carboxylic acid groups (broad SMARTS) is 1. The first-order valence-electron chi connectivity index (χ1n) is 3.85. The normalized spacial score (nSPS) is 30.3. The van der Waals surface area contributed by atoms with Crippen molar-refractivity contribution in [2.45, 2.75) is 25.3 Å². The van der Waals surface area contributed by atoms with Gasteiger partial charge in [-0.15, -0.1) is 0 Å². The van der Waals surface area contributed by atoms with Gasteiger partial charge in [0.15, 0.2) is 0 Å². The number of rotatable bonds is 2. The Hall–Kier alpha value is -0.830. The van der Waals surface area contributed by atoms with Crippen LogP contribution in [0.4, 0.5) is 0 Å². The van der Waals surface area contributed by atoms with E-state index in [0.29, 0.717) is 19.4 Å². The molecule has 0 amide bonds. The molecule has 1 atom stereocenters. The van der Waals surface area contributed by atoms with E-state index >= 15 is 0 Å². The second-order valence-corrected chi connectivity index (χ2v) is 2.80. The molecule has 0 unspecified atom stereocenters. The molecule has 0 aliphatic carbocycles.